The van der Waals surface area contributed by atoms with E-state index in [-0.39, 0.29) is 22.4 Å². The molecular formula is C14H10F2N2S. The number of allylic oxidation sites excluding steroid dienone is 1. The van der Waals surface area contributed by atoms with Gasteiger partial charge in [0, 0.05) is 16.5 Å². The van der Waals surface area contributed by atoms with Crippen molar-refractivity contribution in [2.45, 2.75) is 6.92 Å². The van der Waals surface area contributed by atoms with Gasteiger partial charge in [0.15, 0.2) is 0 Å². The Morgan fingerprint density at radius 3 is 2.63 bits per heavy atom. The minimum absolute atomic E-state index is 0.0190. The van der Waals surface area contributed by atoms with E-state index in [1.54, 1.807) is 17.5 Å². The van der Waals surface area contributed by atoms with Crippen LogP contribution in [0.1, 0.15) is 16.0 Å². The maximum Gasteiger partial charge on any atom is 0.135 e. The van der Waals surface area contributed by atoms with Gasteiger partial charge in [-0.2, -0.15) is 5.26 Å². The summed E-state index contributed by atoms with van der Waals surface area (Å²) in [5.41, 5.74) is 6.40. The van der Waals surface area contributed by atoms with Gasteiger partial charge in [0.2, 0.25) is 0 Å². The number of halogens is 2. The Morgan fingerprint density at radius 1 is 1.32 bits per heavy atom. The van der Waals surface area contributed by atoms with Crippen LogP contribution in [0.25, 0.3) is 11.3 Å². The van der Waals surface area contributed by atoms with E-state index in [1.165, 1.54) is 24.3 Å². The lowest BCUT2D eigenvalue weighted by atomic mass is 10.0. The van der Waals surface area contributed by atoms with Crippen molar-refractivity contribution < 1.29 is 8.78 Å². The van der Waals surface area contributed by atoms with Crippen LogP contribution in [-0.2, 0) is 0 Å². The van der Waals surface area contributed by atoms with Gasteiger partial charge in [-0.15, -0.1) is 11.3 Å². The first-order valence-electron chi connectivity index (χ1n) is 5.44. The van der Waals surface area contributed by atoms with Gasteiger partial charge in [-0.05, 0) is 30.0 Å². The fraction of sp³-hybridized carbons (Fsp3) is 0.0714. The molecule has 0 aliphatic carbocycles. The average molecular weight is 276 g/mol. The highest BCUT2D eigenvalue weighted by molar-refractivity contribution is 7.11. The third-order valence-electron chi connectivity index (χ3n) is 2.69. The molecule has 0 saturated heterocycles. The minimum atomic E-state index is -0.773. The lowest BCUT2D eigenvalue weighted by molar-refractivity contribution is 0.575. The number of nitrogens with zero attached hydrogens (tertiary/aromatic N) is 1. The fourth-order valence-corrected chi connectivity index (χ4v) is 2.40. The summed E-state index contributed by atoms with van der Waals surface area (Å²) >= 11 is 1.33. The molecule has 1 aromatic carbocycles. The van der Waals surface area contributed by atoms with Crippen LogP contribution in [0.2, 0.25) is 0 Å². The topological polar surface area (TPSA) is 49.8 Å². The summed E-state index contributed by atoms with van der Waals surface area (Å²) in [5, 5.41) is 11.0. The van der Waals surface area contributed by atoms with Crippen LogP contribution in [0.15, 0.2) is 29.6 Å². The van der Waals surface area contributed by atoms with Crippen molar-refractivity contribution in [3.63, 3.8) is 0 Å². The van der Waals surface area contributed by atoms with E-state index in [0.717, 1.165) is 6.07 Å². The second-order valence-corrected chi connectivity index (χ2v) is 4.91. The molecule has 0 aliphatic heterocycles. The van der Waals surface area contributed by atoms with Gasteiger partial charge in [-0.25, -0.2) is 8.78 Å². The minimum Gasteiger partial charge on any atom is -0.397 e. The van der Waals surface area contributed by atoms with Gasteiger partial charge in [0.05, 0.1) is 11.3 Å². The molecule has 96 valence electrons. The number of nitriles is 1. The summed E-state index contributed by atoms with van der Waals surface area (Å²) < 4.78 is 27.0. The highest BCUT2D eigenvalue weighted by atomic mass is 32.1. The smallest absolute Gasteiger partial charge is 0.135 e. The second kappa shape index (κ2) is 5.21. The van der Waals surface area contributed by atoms with Crippen molar-refractivity contribution in [1.29, 1.82) is 5.26 Å². The molecule has 1 heterocycles. The van der Waals surface area contributed by atoms with Crippen molar-refractivity contribution in [2.24, 2.45) is 5.73 Å². The molecule has 0 amide bonds. The number of thiophene rings is 1. The molecule has 0 bridgehead atoms. The normalized spacial score (nSPS) is 11.9. The number of hydrogen-bond donors (Lipinski definition) is 1. The second-order valence-electron chi connectivity index (χ2n) is 3.96. The number of rotatable bonds is 2. The van der Waals surface area contributed by atoms with Crippen LogP contribution >= 0.6 is 11.3 Å². The number of nitrogens with two attached hydrogens (primary N) is 1. The van der Waals surface area contributed by atoms with E-state index in [4.69, 9.17) is 11.0 Å². The summed E-state index contributed by atoms with van der Waals surface area (Å²) in [6, 6.07) is 7.56. The molecule has 2 N–H and O–H groups in total. The number of hydrogen-bond acceptors (Lipinski definition) is 3. The molecule has 2 rings (SSSR count). The zero-order valence-electron chi connectivity index (χ0n) is 10.1. The first kappa shape index (κ1) is 13.2. The predicted octanol–water partition coefficient (Wildman–Crippen LogP) is 3.69. The Balaban J connectivity index is 2.64. The van der Waals surface area contributed by atoms with Crippen molar-refractivity contribution in [1.82, 2.24) is 0 Å². The Bertz CT molecular complexity index is 682. The molecule has 0 spiro atoms. The summed E-state index contributed by atoms with van der Waals surface area (Å²) in [4.78, 5) is 0.654. The quantitative estimate of drug-likeness (QED) is 0.850. The van der Waals surface area contributed by atoms with Crippen molar-refractivity contribution in [2.75, 3.05) is 0 Å². The van der Waals surface area contributed by atoms with E-state index in [1.807, 2.05) is 6.07 Å². The van der Waals surface area contributed by atoms with E-state index < -0.39 is 11.6 Å². The number of aryl methyl sites for hydroxylation is 1. The molecule has 0 aliphatic rings. The third kappa shape index (κ3) is 2.49. The monoisotopic (exact) mass is 276 g/mol. The summed E-state index contributed by atoms with van der Waals surface area (Å²) in [6.45, 7) is 1.52. The van der Waals surface area contributed by atoms with Crippen molar-refractivity contribution in [3.8, 4) is 6.07 Å². The molecule has 2 nitrogen and oxygen atoms in total. The fourth-order valence-electron chi connectivity index (χ4n) is 1.67. The molecule has 0 unspecified atom stereocenters. The van der Waals surface area contributed by atoms with Crippen LogP contribution in [0.5, 0.6) is 0 Å². The van der Waals surface area contributed by atoms with Crippen LogP contribution < -0.4 is 5.73 Å². The van der Waals surface area contributed by atoms with Crippen molar-refractivity contribution in [3.05, 3.63) is 57.3 Å². The lowest BCUT2D eigenvalue weighted by Gasteiger charge is -2.08. The molecular weight excluding hydrogens is 266 g/mol. The van der Waals surface area contributed by atoms with Crippen molar-refractivity contribution >= 4 is 22.6 Å². The standard InChI is InChI=1S/C14H10F2N2S/c1-8-5-9(12(16)6-11(8)15)14(18)10(7-17)13-3-2-4-19-13/h2-6H,18H2,1H3/b14-10+. The molecule has 5 heteroatoms. The van der Waals surface area contributed by atoms with Gasteiger partial charge >= 0.3 is 0 Å². The molecule has 19 heavy (non-hydrogen) atoms. The average Bonchev–Trinajstić information content (AvgIpc) is 2.88. The predicted molar refractivity (Wildman–Crippen MR) is 72.0 cm³/mol. The SMILES string of the molecule is Cc1cc(/C(N)=C(/C#N)c2cccs2)c(F)cc1F. The molecule has 2 aromatic rings. The van der Waals surface area contributed by atoms with E-state index in [0.29, 0.717) is 4.88 Å². The molecule has 0 atom stereocenters. The van der Waals surface area contributed by atoms with E-state index >= 15 is 0 Å². The Morgan fingerprint density at radius 2 is 2.05 bits per heavy atom. The van der Waals surface area contributed by atoms with Gasteiger partial charge in [-0.1, -0.05) is 6.07 Å². The Hall–Kier alpha value is -2.19. The zero-order chi connectivity index (χ0) is 14.0. The Kier molecular flexibility index (Phi) is 3.63. The van der Waals surface area contributed by atoms with Crippen LogP contribution in [0.4, 0.5) is 8.78 Å². The summed E-state index contributed by atoms with van der Waals surface area (Å²) in [5.74, 6) is -1.41. The first-order chi connectivity index (χ1) is 9.04. The summed E-state index contributed by atoms with van der Waals surface area (Å²) in [6.07, 6.45) is 0. The van der Waals surface area contributed by atoms with Gasteiger partial charge in [0.25, 0.3) is 0 Å². The summed E-state index contributed by atoms with van der Waals surface area (Å²) in [7, 11) is 0. The van der Waals surface area contributed by atoms with Crippen LogP contribution in [0.3, 0.4) is 0 Å². The van der Waals surface area contributed by atoms with Crippen LogP contribution in [0, 0.1) is 29.9 Å². The van der Waals surface area contributed by atoms with E-state index in [2.05, 4.69) is 0 Å². The van der Waals surface area contributed by atoms with Gasteiger partial charge in [-0.3, -0.25) is 0 Å². The highest BCUT2D eigenvalue weighted by Gasteiger charge is 2.15. The largest absolute Gasteiger partial charge is 0.397 e. The van der Waals surface area contributed by atoms with Gasteiger partial charge < -0.3 is 5.73 Å². The van der Waals surface area contributed by atoms with E-state index in [9.17, 15) is 8.78 Å². The maximum absolute atomic E-state index is 13.8. The van der Waals surface area contributed by atoms with Crippen LogP contribution in [-0.4, -0.2) is 0 Å². The molecule has 1 aromatic heterocycles. The highest BCUT2D eigenvalue weighted by Crippen LogP contribution is 2.28. The number of benzene rings is 1. The molecule has 0 fully saturated rings. The Labute approximate surface area is 113 Å². The zero-order valence-corrected chi connectivity index (χ0v) is 10.9. The molecule has 0 radical (unpaired) electrons. The molecule has 0 saturated carbocycles. The maximum atomic E-state index is 13.8. The first-order valence-corrected chi connectivity index (χ1v) is 6.32. The van der Waals surface area contributed by atoms with Gasteiger partial charge in [0.1, 0.15) is 17.7 Å². The third-order valence-corrected chi connectivity index (χ3v) is 3.57. The lowest BCUT2D eigenvalue weighted by Crippen LogP contribution is -2.04.